The fourth-order valence-electron chi connectivity index (χ4n) is 4.10. The number of ether oxygens (including phenoxy) is 2. The number of benzene rings is 2. The highest BCUT2D eigenvalue weighted by Gasteiger charge is 2.44. The maximum absolute atomic E-state index is 13.6. The molecule has 2 amide bonds. The van der Waals surface area contributed by atoms with Gasteiger partial charge in [0.1, 0.15) is 11.8 Å². The first kappa shape index (κ1) is 20.7. The second kappa shape index (κ2) is 9.06. The minimum absolute atomic E-state index is 0.111. The Morgan fingerprint density at radius 3 is 2.60 bits per heavy atom. The van der Waals surface area contributed by atoms with Crippen LogP contribution in [0.1, 0.15) is 37.8 Å². The van der Waals surface area contributed by atoms with Gasteiger partial charge >= 0.3 is 0 Å². The van der Waals surface area contributed by atoms with Gasteiger partial charge in [-0.05, 0) is 49.6 Å². The topological polar surface area (TPSA) is 67.9 Å². The van der Waals surface area contributed by atoms with Crippen LogP contribution < -0.4 is 10.1 Å². The molecule has 2 aliphatic heterocycles. The highest BCUT2D eigenvalue weighted by Crippen LogP contribution is 2.39. The van der Waals surface area contributed by atoms with Crippen LogP contribution in [0, 0.1) is 0 Å². The summed E-state index contributed by atoms with van der Waals surface area (Å²) in [5.74, 6) is 0.0530. The molecule has 0 aromatic heterocycles. The Bertz CT molecular complexity index is 915. The third-order valence-corrected chi connectivity index (χ3v) is 5.82. The number of para-hydroxylation sites is 1. The van der Waals surface area contributed by atoms with Gasteiger partial charge in [-0.3, -0.25) is 9.59 Å². The molecule has 0 spiro atoms. The van der Waals surface area contributed by atoms with Crippen LogP contribution in [-0.4, -0.2) is 42.1 Å². The van der Waals surface area contributed by atoms with Crippen molar-refractivity contribution in [3.63, 3.8) is 0 Å². The van der Waals surface area contributed by atoms with Crippen LogP contribution in [0.15, 0.2) is 48.5 Å². The number of hydrogen-bond acceptors (Lipinski definition) is 4. The van der Waals surface area contributed by atoms with E-state index in [9.17, 15) is 9.59 Å². The molecule has 0 bridgehead atoms. The van der Waals surface area contributed by atoms with Gasteiger partial charge < -0.3 is 19.7 Å². The van der Waals surface area contributed by atoms with E-state index >= 15 is 0 Å². The van der Waals surface area contributed by atoms with Crippen molar-refractivity contribution in [2.24, 2.45) is 0 Å². The lowest BCUT2D eigenvalue weighted by Gasteiger charge is -2.39. The summed E-state index contributed by atoms with van der Waals surface area (Å²) in [7, 11) is 0. The molecule has 0 aliphatic carbocycles. The minimum atomic E-state index is -0.842. The van der Waals surface area contributed by atoms with Crippen LogP contribution in [0.2, 0.25) is 5.02 Å². The first-order valence-electron chi connectivity index (χ1n) is 10.3. The first-order valence-corrected chi connectivity index (χ1v) is 10.7. The lowest BCUT2D eigenvalue weighted by Crippen LogP contribution is -2.51. The Morgan fingerprint density at radius 2 is 1.90 bits per heavy atom. The summed E-state index contributed by atoms with van der Waals surface area (Å²) in [4.78, 5) is 28.8. The van der Waals surface area contributed by atoms with E-state index in [0.717, 1.165) is 0 Å². The zero-order valence-electron chi connectivity index (χ0n) is 16.8. The highest BCUT2D eigenvalue weighted by atomic mass is 35.5. The van der Waals surface area contributed by atoms with Gasteiger partial charge in [-0.1, -0.05) is 36.7 Å². The molecule has 6 nitrogen and oxygen atoms in total. The molecule has 2 atom stereocenters. The average Bonchev–Trinajstić information content (AvgIpc) is 2.89. The van der Waals surface area contributed by atoms with Crippen LogP contribution in [0.25, 0.3) is 0 Å². The van der Waals surface area contributed by atoms with Gasteiger partial charge in [0.25, 0.3) is 11.8 Å². The Labute approximate surface area is 181 Å². The third kappa shape index (κ3) is 4.16. The Hall–Kier alpha value is -2.57. The number of amides is 2. The second-order valence-electron chi connectivity index (χ2n) is 7.54. The zero-order chi connectivity index (χ0) is 21.1. The molecule has 4 rings (SSSR count). The van der Waals surface area contributed by atoms with E-state index in [2.05, 4.69) is 5.32 Å². The SMILES string of the molecule is CCC1Oc2ccc(Cl)cc2C(C(=O)Nc2ccccc2)N(C2CCOCC2)C1=O. The molecule has 1 N–H and O–H groups in total. The zero-order valence-corrected chi connectivity index (χ0v) is 17.6. The number of hydrogen-bond donors (Lipinski definition) is 1. The lowest BCUT2D eigenvalue weighted by atomic mass is 9.97. The van der Waals surface area contributed by atoms with Crippen LogP contribution >= 0.6 is 11.6 Å². The number of fused-ring (bicyclic) bond motifs is 1. The van der Waals surface area contributed by atoms with Gasteiger partial charge in [-0.15, -0.1) is 0 Å². The molecule has 7 heteroatoms. The van der Waals surface area contributed by atoms with Gasteiger partial charge in [-0.2, -0.15) is 0 Å². The summed E-state index contributed by atoms with van der Waals surface area (Å²) < 4.78 is 11.6. The largest absolute Gasteiger partial charge is 0.480 e. The molecule has 2 heterocycles. The Balaban J connectivity index is 1.80. The quantitative estimate of drug-likeness (QED) is 0.792. The molecule has 0 saturated carbocycles. The Kier molecular flexibility index (Phi) is 6.25. The van der Waals surface area contributed by atoms with Crippen LogP contribution in [0.3, 0.4) is 0 Å². The summed E-state index contributed by atoms with van der Waals surface area (Å²) in [6.45, 7) is 3.02. The van der Waals surface area contributed by atoms with Crippen LogP contribution in [0.4, 0.5) is 5.69 Å². The van der Waals surface area contributed by atoms with Gasteiger partial charge in [0, 0.05) is 35.5 Å². The number of carbonyl (C=O) groups excluding carboxylic acids is 2. The van der Waals surface area contributed by atoms with Crippen molar-refractivity contribution in [2.75, 3.05) is 18.5 Å². The van der Waals surface area contributed by atoms with Crippen molar-refractivity contribution in [3.8, 4) is 5.75 Å². The van der Waals surface area contributed by atoms with Crippen molar-refractivity contribution in [1.29, 1.82) is 0 Å². The molecule has 1 saturated heterocycles. The predicted molar refractivity (Wildman–Crippen MR) is 115 cm³/mol. The monoisotopic (exact) mass is 428 g/mol. The number of nitrogens with zero attached hydrogens (tertiary/aromatic N) is 1. The smallest absolute Gasteiger partial charge is 0.264 e. The summed E-state index contributed by atoms with van der Waals surface area (Å²) in [6, 6.07) is 13.5. The van der Waals surface area contributed by atoms with Crippen molar-refractivity contribution in [1.82, 2.24) is 4.90 Å². The fourth-order valence-corrected chi connectivity index (χ4v) is 4.28. The molecule has 1 fully saturated rings. The van der Waals surface area contributed by atoms with Crippen LogP contribution in [0.5, 0.6) is 5.75 Å². The molecule has 0 radical (unpaired) electrons. The van der Waals surface area contributed by atoms with Gasteiger partial charge in [0.15, 0.2) is 6.10 Å². The normalized spacial score (nSPS) is 22.1. The molecule has 2 aliphatic rings. The van der Waals surface area contributed by atoms with Crippen molar-refractivity contribution >= 4 is 29.1 Å². The second-order valence-corrected chi connectivity index (χ2v) is 7.98. The number of anilines is 1. The third-order valence-electron chi connectivity index (χ3n) is 5.59. The van der Waals surface area contributed by atoms with E-state index in [4.69, 9.17) is 21.1 Å². The highest BCUT2D eigenvalue weighted by molar-refractivity contribution is 6.30. The summed E-state index contributed by atoms with van der Waals surface area (Å²) >= 11 is 6.29. The maximum Gasteiger partial charge on any atom is 0.264 e. The standard InChI is InChI=1S/C23H25ClN2O4/c1-2-19-23(28)26(17-10-12-29-13-11-17)21(18-14-15(24)8-9-20(18)30-19)22(27)25-16-6-4-3-5-7-16/h3-9,14,17,19,21H,2,10-13H2,1H3,(H,25,27). The minimum Gasteiger partial charge on any atom is -0.480 e. The molecular weight excluding hydrogens is 404 g/mol. The van der Waals surface area contributed by atoms with Gasteiger partial charge in [-0.25, -0.2) is 0 Å². The average molecular weight is 429 g/mol. The van der Waals surface area contributed by atoms with Gasteiger partial charge in [0.2, 0.25) is 0 Å². The molecular formula is C23H25ClN2O4. The van der Waals surface area contributed by atoms with Gasteiger partial charge in [0.05, 0.1) is 0 Å². The molecule has 2 aromatic rings. The van der Waals surface area contributed by atoms with Crippen LogP contribution in [-0.2, 0) is 14.3 Å². The number of carbonyl (C=O) groups is 2. The predicted octanol–water partition coefficient (Wildman–Crippen LogP) is 4.20. The maximum atomic E-state index is 13.6. The molecule has 2 unspecified atom stereocenters. The van der Waals surface area contributed by atoms with E-state index in [1.807, 2.05) is 37.3 Å². The van der Waals surface area contributed by atoms with E-state index in [1.165, 1.54) is 0 Å². The van der Waals surface area contributed by atoms with E-state index in [1.54, 1.807) is 23.1 Å². The summed E-state index contributed by atoms with van der Waals surface area (Å²) in [5, 5.41) is 3.45. The summed E-state index contributed by atoms with van der Waals surface area (Å²) in [6.07, 6.45) is 1.20. The summed E-state index contributed by atoms with van der Waals surface area (Å²) in [5.41, 5.74) is 1.27. The lowest BCUT2D eigenvalue weighted by molar-refractivity contribution is -0.149. The molecule has 2 aromatic carbocycles. The van der Waals surface area contributed by atoms with E-state index in [0.29, 0.717) is 54.5 Å². The van der Waals surface area contributed by atoms with Crippen molar-refractivity contribution in [3.05, 3.63) is 59.1 Å². The van der Waals surface area contributed by atoms with E-state index in [-0.39, 0.29) is 17.9 Å². The number of halogens is 1. The van der Waals surface area contributed by atoms with Crippen molar-refractivity contribution < 1.29 is 19.1 Å². The fraction of sp³-hybridized carbons (Fsp3) is 0.391. The molecule has 158 valence electrons. The number of rotatable bonds is 4. The number of nitrogens with one attached hydrogen (secondary N) is 1. The van der Waals surface area contributed by atoms with Crippen molar-refractivity contribution in [2.45, 2.75) is 44.4 Å². The van der Waals surface area contributed by atoms with E-state index < -0.39 is 12.1 Å². The molecule has 30 heavy (non-hydrogen) atoms. The Morgan fingerprint density at radius 1 is 1.17 bits per heavy atom. The first-order chi connectivity index (χ1) is 14.6.